The van der Waals surface area contributed by atoms with Crippen LogP contribution in [0.4, 0.5) is 0 Å². The largest absolute Gasteiger partial charge is 0.329 e. The van der Waals surface area contributed by atoms with Crippen LogP contribution in [0.1, 0.15) is 20.8 Å². The first kappa shape index (κ1) is 13.9. The van der Waals surface area contributed by atoms with Crippen LogP contribution in [0.5, 0.6) is 0 Å². The molecule has 0 aliphatic rings. The van der Waals surface area contributed by atoms with Crippen LogP contribution in [-0.4, -0.2) is 24.9 Å². The minimum Gasteiger partial charge on any atom is -0.313 e. The van der Waals surface area contributed by atoms with Gasteiger partial charge in [-0.3, -0.25) is 14.3 Å². The van der Waals surface area contributed by atoms with Crippen LogP contribution in [0.3, 0.4) is 0 Å². The number of nitrogens with one attached hydrogen (secondary N) is 1. The van der Waals surface area contributed by atoms with E-state index in [2.05, 4.69) is 23.8 Å². The molecule has 0 atom stereocenters. The Bertz CT molecular complexity index is 711. The third-order valence-electron chi connectivity index (χ3n) is 2.83. The fraction of sp³-hybridized carbons (Fsp3) is 0.583. The van der Waals surface area contributed by atoms with Crippen LogP contribution in [-0.2, 0) is 13.6 Å². The predicted octanol–water partition coefficient (Wildman–Crippen LogP) is 1.19. The van der Waals surface area contributed by atoms with Crippen molar-refractivity contribution in [1.29, 1.82) is 0 Å². The van der Waals surface area contributed by atoms with Crippen molar-refractivity contribution in [1.82, 2.24) is 19.1 Å². The number of imidazole rings is 1. The van der Waals surface area contributed by atoms with E-state index in [1.807, 2.05) is 11.5 Å². The summed E-state index contributed by atoms with van der Waals surface area (Å²) in [5, 5.41) is 0.790. The molecule has 0 saturated heterocycles. The second-order valence-corrected chi connectivity index (χ2v) is 5.82. The van der Waals surface area contributed by atoms with Crippen molar-refractivity contribution in [2.75, 3.05) is 5.75 Å². The Balaban J connectivity index is 2.67. The van der Waals surface area contributed by atoms with E-state index in [-0.39, 0.29) is 5.56 Å². The molecule has 0 radical (unpaired) electrons. The lowest BCUT2D eigenvalue weighted by Gasteiger charge is -2.06. The highest BCUT2D eigenvalue weighted by Crippen LogP contribution is 2.23. The fourth-order valence-electron chi connectivity index (χ4n) is 1.86. The van der Waals surface area contributed by atoms with Gasteiger partial charge in [-0.1, -0.05) is 25.6 Å². The average Bonchev–Trinajstić information content (AvgIpc) is 2.72. The van der Waals surface area contributed by atoms with Gasteiger partial charge < -0.3 is 4.57 Å². The Labute approximate surface area is 114 Å². The Morgan fingerprint density at radius 1 is 1.37 bits per heavy atom. The second kappa shape index (κ2) is 5.24. The molecule has 0 saturated carbocycles. The molecule has 0 amide bonds. The molecule has 0 bridgehead atoms. The zero-order valence-electron chi connectivity index (χ0n) is 11.6. The van der Waals surface area contributed by atoms with E-state index in [1.54, 1.807) is 18.8 Å². The van der Waals surface area contributed by atoms with Gasteiger partial charge in [-0.25, -0.2) is 9.78 Å². The highest BCUT2D eigenvalue weighted by Gasteiger charge is 2.16. The predicted molar refractivity (Wildman–Crippen MR) is 76.8 cm³/mol. The summed E-state index contributed by atoms with van der Waals surface area (Å²) >= 11 is 1.61. The minimum atomic E-state index is -0.432. The maximum absolute atomic E-state index is 11.9. The molecule has 2 rings (SSSR count). The molecule has 6 nitrogen and oxygen atoms in total. The Hall–Kier alpha value is -1.50. The lowest BCUT2D eigenvalue weighted by Crippen LogP contribution is -2.29. The summed E-state index contributed by atoms with van der Waals surface area (Å²) < 4.78 is 3.24. The van der Waals surface area contributed by atoms with E-state index in [0.29, 0.717) is 23.6 Å². The molecule has 0 unspecified atom stereocenters. The van der Waals surface area contributed by atoms with E-state index < -0.39 is 5.69 Å². The molecular formula is C12H18N4O2S. The molecule has 2 aromatic rings. The van der Waals surface area contributed by atoms with Gasteiger partial charge >= 0.3 is 5.69 Å². The van der Waals surface area contributed by atoms with Gasteiger partial charge in [-0.15, -0.1) is 0 Å². The lowest BCUT2D eigenvalue weighted by molar-refractivity contribution is 0.693. The Morgan fingerprint density at radius 3 is 2.63 bits per heavy atom. The highest BCUT2D eigenvalue weighted by molar-refractivity contribution is 7.99. The van der Waals surface area contributed by atoms with Crippen molar-refractivity contribution >= 4 is 22.9 Å². The summed E-state index contributed by atoms with van der Waals surface area (Å²) in [6.45, 7) is 6.88. The number of aryl methyl sites for hydroxylation is 2. The zero-order chi connectivity index (χ0) is 14.2. The molecule has 19 heavy (non-hydrogen) atoms. The second-order valence-electron chi connectivity index (χ2n) is 4.83. The van der Waals surface area contributed by atoms with E-state index in [0.717, 1.165) is 10.9 Å². The maximum atomic E-state index is 11.9. The summed E-state index contributed by atoms with van der Waals surface area (Å²) in [5.74, 6) is 1.46. The smallest absolute Gasteiger partial charge is 0.313 e. The lowest BCUT2D eigenvalue weighted by atomic mass is 10.3. The number of aromatic amines is 1. The minimum absolute atomic E-state index is 0.371. The molecule has 2 aromatic heterocycles. The van der Waals surface area contributed by atoms with Crippen LogP contribution in [0, 0.1) is 5.92 Å². The Kier molecular flexibility index (Phi) is 3.84. The average molecular weight is 282 g/mol. The summed E-state index contributed by atoms with van der Waals surface area (Å²) in [6, 6.07) is 0. The number of thioether (sulfide) groups is 1. The van der Waals surface area contributed by atoms with Crippen LogP contribution in [0.2, 0.25) is 0 Å². The first-order chi connectivity index (χ1) is 8.95. The first-order valence-electron chi connectivity index (χ1n) is 6.28. The van der Waals surface area contributed by atoms with Crippen molar-refractivity contribution in [2.24, 2.45) is 13.0 Å². The molecule has 0 aliphatic heterocycles. The number of fused-ring (bicyclic) bond motifs is 1. The first-order valence-corrected chi connectivity index (χ1v) is 7.26. The number of nitrogens with zero attached hydrogens (tertiary/aromatic N) is 3. The molecule has 0 aliphatic carbocycles. The van der Waals surface area contributed by atoms with Gasteiger partial charge in [-0.05, 0) is 12.8 Å². The standard InChI is InChI=1S/C12H18N4O2S/c1-5-16-8-9(13-12(16)19-6-7(2)3)15(4)11(18)14-10(8)17/h7H,5-6H2,1-4H3,(H,14,17,18). The van der Waals surface area contributed by atoms with Crippen molar-refractivity contribution in [3.05, 3.63) is 20.8 Å². The number of H-pyrrole nitrogens is 1. The summed E-state index contributed by atoms with van der Waals surface area (Å²) in [7, 11) is 1.62. The van der Waals surface area contributed by atoms with Gasteiger partial charge in [0.2, 0.25) is 0 Å². The van der Waals surface area contributed by atoms with Gasteiger partial charge in [0.1, 0.15) is 0 Å². The highest BCUT2D eigenvalue weighted by atomic mass is 32.2. The van der Waals surface area contributed by atoms with Crippen LogP contribution < -0.4 is 11.2 Å². The Morgan fingerprint density at radius 2 is 2.05 bits per heavy atom. The summed E-state index contributed by atoms with van der Waals surface area (Å²) in [5.41, 5.74) is 0.111. The summed E-state index contributed by atoms with van der Waals surface area (Å²) in [4.78, 5) is 30.3. The SMILES string of the molecule is CCn1c(SCC(C)C)nc2c1c(=O)[nH]c(=O)n2C. The number of aromatic nitrogens is 4. The molecule has 0 fully saturated rings. The molecule has 2 heterocycles. The maximum Gasteiger partial charge on any atom is 0.329 e. The van der Waals surface area contributed by atoms with E-state index >= 15 is 0 Å². The van der Waals surface area contributed by atoms with Crippen molar-refractivity contribution < 1.29 is 0 Å². The fourth-order valence-corrected chi connectivity index (χ4v) is 2.87. The number of hydrogen-bond acceptors (Lipinski definition) is 4. The van der Waals surface area contributed by atoms with Crippen LogP contribution in [0.15, 0.2) is 14.7 Å². The third-order valence-corrected chi connectivity index (χ3v) is 4.24. The van der Waals surface area contributed by atoms with Crippen LogP contribution in [0.25, 0.3) is 11.2 Å². The van der Waals surface area contributed by atoms with Crippen molar-refractivity contribution in [3.63, 3.8) is 0 Å². The molecule has 0 aromatic carbocycles. The van der Waals surface area contributed by atoms with Gasteiger partial charge in [0.15, 0.2) is 16.3 Å². The van der Waals surface area contributed by atoms with E-state index in [4.69, 9.17) is 0 Å². The number of hydrogen-bond donors (Lipinski definition) is 1. The summed E-state index contributed by atoms with van der Waals surface area (Å²) in [6.07, 6.45) is 0. The van der Waals surface area contributed by atoms with Crippen LogP contribution >= 0.6 is 11.8 Å². The molecule has 7 heteroatoms. The quantitative estimate of drug-likeness (QED) is 0.855. The van der Waals surface area contributed by atoms with Gasteiger partial charge in [0, 0.05) is 19.3 Å². The molecule has 1 N–H and O–H groups in total. The van der Waals surface area contributed by atoms with Crippen molar-refractivity contribution in [2.45, 2.75) is 32.5 Å². The molecular weight excluding hydrogens is 264 g/mol. The van der Waals surface area contributed by atoms with Gasteiger partial charge in [-0.2, -0.15) is 0 Å². The monoisotopic (exact) mass is 282 g/mol. The third kappa shape index (κ3) is 2.47. The topological polar surface area (TPSA) is 72.7 Å². The zero-order valence-corrected chi connectivity index (χ0v) is 12.4. The van der Waals surface area contributed by atoms with Gasteiger partial charge in [0.05, 0.1) is 0 Å². The normalized spacial score (nSPS) is 11.6. The van der Waals surface area contributed by atoms with Gasteiger partial charge in [0.25, 0.3) is 5.56 Å². The number of rotatable bonds is 4. The van der Waals surface area contributed by atoms with Crippen molar-refractivity contribution in [3.8, 4) is 0 Å². The molecule has 0 spiro atoms. The van der Waals surface area contributed by atoms with E-state index in [9.17, 15) is 9.59 Å². The molecule has 104 valence electrons. The van der Waals surface area contributed by atoms with E-state index in [1.165, 1.54) is 4.57 Å².